The Bertz CT molecular complexity index is 982. The molecule has 0 unspecified atom stereocenters. The molecule has 8 heteroatoms. The van der Waals surface area contributed by atoms with Gasteiger partial charge in [0.25, 0.3) is 0 Å². The van der Waals surface area contributed by atoms with Gasteiger partial charge in [-0.15, -0.1) is 0 Å². The van der Waals surface area contributed by atoms with E-state index in [-0.39, 0.29) is 12.3 Å². The van der Waals surface area contributed by atoms with Gasteiger partial charge in [0.05, 0.1) is 6.54 Å². The Hall–Kier alpha value is -2.51. The maximum atomic E-state index is 12.2. The molecule has 1 amide bonds. The maximum Gasteiger partial charge on any atom is 0.226 e. The van der Waals surface area contributed by atoms with Crippen LogP contribution in [0.2, 0.25) is 5.02 Å². The van der Waals surface area contributed by atoms with Gasteiger partial charge in [-0.05, 0) is 55.0 Å². The fraction of sp³-hybridized carbons (Fsp3) is 0.300. The topological polar surface area (TPSA) is 64.7 Å². The van der Waals surface area contributed by atoms with Crippen molar-refractivity contribution in [3.8, 4) is 11.4 Å². The summed E-state index contributed by atoms with van der Waals surface area (Å²) in [7, 11) is 0. The van der Waals surface area contributed by atoms with E-state index in [1.165, 1.54) is 0 Å². The van der Waals surface area contributed by atoms with Gasteiger partial charge in [-0.1, -0.05) is 24.9 Å². The zero-order valence-electron chi connectivity index (χ0n) is 15.6. The van der Waals surface area contributed by atoms with Gasteiger partial charge in [0.2, 0.25) is 5.91 Å². The molecule has 3 rings (SSSR count). The number of anilines is 1. The number of pyridine rings is 1. The van der Waals surface area contributed by atoms with Gasteiger partial charge < -0.3 is 5.32 Å². The highest BCUT2D eigenvalue weighted by atomic mass is 35.5. The second-order valence-electron chi connectivity index (χ2n) is 6.38. The Morgan fingerprint density at radius 2 is 1.86 bits per heavy atom. The molecule has 0 aliphatic carbocycles. The minimum Gasteiger partial charge on any atom is -0.326 e. The number of amides is 1. The molecular formula is C20H22ClN5OS. The van der Waals surface area contributed by atoms with E-state index in [4.69, 9.17) is 23.8 Å². The zero-order valence-corrected chi connectivity index (χ0v) is 17.2. The number of hydrogen-bond donors (Lipinski definition) is 1. The maximum absolute atomic E-state index is 12.2. The van der Waals surface area contributed by atoms with Crippen LogP contribution in [-0.4, -0.2) is 25.2 Å². The van der Waals surface area contributed by atoms with Crippen molar-refractivity contribution in [3.63, 3.8) is 0 Å². The summed E-state index contributed by atoms with van der Waals surface area (Å²) in [5, 5.41) is 8.21. The van der Waals surface area contributed by atoms with Gasteiger partial charge >= 0.3 is 0 Å². The van der Waals surface area contributed by atoms with E-state index < -0.39 is 0 Å². The SMILES string of the molecule is CCCCn1c(-c2ccc(Cl)cc2)nn(CCC(=O)Nc2ccncc2)c1=S. The van der Waals surface area contributed by atoms with Crippen molar-refractivity contribution in [2.24, 2.45) is 0 Å². The number of unbranched alkanes of at least 4 members (excludes halogenated alkanes) is 1. The molecule has 0 saturated carbocycles. The number of benzene rings is 1. The third-order valence-electron chi connectivity index (χ3n) is 4.28. The third kappa shape index (κ3) is 5.05. The molecule has 2 heterocycles. The number of carbonyl (C=O) groups excluding carboxylic acids is 1. The van der Waals surface area contributed by atoms with Gasteiger partial charge in [-0.25, -0.2) is 4.68 Å². The Labute approximate surface area is 174 Å². The van der Waals surface area contributed by atoms with E-state index in [0.717, 1.165) is 36.5 Å². The summed E-state index contributed by atoms with van der Waals surface area (Å²) in [5.74, 6) is 0.703. The Balaban J connectivity index is 1.78. The lowest BCUT2D eigenvalue weighted by Crippen LogP contribution is -2.15. The Morgan fingerprint density at radius 1 is 1.14 bits per heavy atom. The standard InChI is InChI=1S/C20H22ClN5OS/c1-2-3-13-25-19(15-4-6-16(21)7-5-15)24-26(20(25)28)14-10-18(27)23-17-8-11-22-12-9-17/h4-9,11-12H,2-3,10,13-14H2,1H3,(H,22,23,27). The van der Waals surface area contributed by atoms with Crippen molar-refractivity contribution in [3.05, 3.63) is 58.6 Å². The average molecular weight is 416 g/mol. The Kier molecular flexibility index (Phi) is 6.95. The minimum absolute atomic E-state index is 0.0933. The highest BCUT2D eigenvalue weighted by Gasteiger charge is 2.13. The lowest BCUT2D eigenvalue weighted by Gasteiger charge is -2.06. The monoisotopic (exact) mass is 415 g/mol. The quantitative estimate of drug-likeness (QED) is 0.528. The van der Waals surface area contributed by atoms with Crippen LogP contribution in [-0.2, 0) is 17.9 Å². The van der Waals surface area contributed by atoms with Crippen LogP contribution >= 0.6 is 23.8 Å². The van der Waals surface area contributed by atoms with Crippen LogP contribution < -0.4 is 5.32 Å². The highest BCUT2D eigenvalue weighted by molar-refractivity contribution is 7.71. The van der Waals surface area contributed by atoms with Gasteiger partial charge in [0.15, 0.2) is 10.6 Å². The van der Waals surface area contributed by atoms with Gasteiger partial charge in [-0.3, -0.25) is 14.3 Å². The van der Waals surface area contributed by atoms with Crippen LogP contribution in [0.3, 0.4) is 0 Å². The summed E-state index contributed by atoms with van der Waals surface area (Å²) in [5.41, 5.74) is 1.67. The van der Waals surface area contributed by atoms with Crippen molar-refractivity contribution >= 4 is 35.4 Å². The largest absolute Gasteiger partial charge is 0.326 e. The summed E-state index contributed by atoms with van der Waals surface area (Å²) in [4.78, 5) is 16.2. The first-order valence-corrected chi connectivity index (χ1v) is 10.0. The molecule has 6 nitrogen and oxygen atoms in total. The van der Waals surface area contributed by atoms with Crippen LogP contribution in [0.4, 0.5) is 5.69 Å². The van der Waals surface area contributed by atoms with Crippen LogP contribution in [0, 0.1) is 4.77 Å². The number of aryl methyl sites for hydroxylation is 1. The number of aromatic nitrogens is 4. The number of rotatable bonds is 8. The first-order valence-electron chi connectivity index (χ1n) is 9.22. The molecule has 0 saturated heterocycles. The predicted molar refractivity (Wildman–Crippen MR) is 114 cm³/mol. The van der Waals surface area contributed by atoms with Gasteiger partial charge in [0.1, 0.15) is 0 Å². The molecule has 0 radical (unpaired) electrons. The van der Waals surface area contributed by atoms with E-state index in [1.807, 2.05) is 28.8 Å². The van der Waals surface area contributed by atoms with E-state index in [1.54, 1.807) is 29.2 Å². The van der Waals surface area contributed by atoms with Crippen LogP contribution in [0.15, 0.2) is 48.8 Å². The van der Waals surface area contributed by atoms with Crippen molar-refractivity contribution in [2.45, 2.75) is 39.3 Å². The van der Waals surface area contributed by atoms with E-state index in [2.05, 4.69) is 22.3 Å². The molecular weight excluding hydrogens is 394 g/mol. The Morgan fingerprint density at radius 3 is 2.54 bits per heavy atom. The molecule has 2 aromatic heterocycles. The van der Waals surface area contributed by atoms with Crippen molar-refractivity contribution < 1.29 is 4.79 Å². The van der Waals surface area contributed by atoms with E-state index >= 15 is 0 Å². The summed E-state index contributed by atoms with van der Waals surface area (Å²) in [6, 6.07) is 11.0. The molecule has 1 aromatic carbocycles. The number of nitrogens with one attached hydrogen (secondary N) is 1. The van der Waals surface area contributed by atoms with E-state index in [9.17, 15) is 4.79 Å². The summed E-state index contributed by atoms with van der Waals surface area (Å²) >= 11 is 11.6. The molecule has 0 fully saturated rings. The second kappa shape index (κ2) is 9.61. The molecule has 0 bridgehead atoms. The molecule has 0 aliphatic rings. The molecule has 28 heavy (non-hydrogen) atoms. The lowest BCUT2D eigenvalue weighted by atomic mass is 10.2. The van der Waals surface area contributed by atoms with Crippen molar-refractivity contribution in [2.75, 3.05) is 5.32 Å². The molecule has 0 spiro atoms. The van der Waals surface area contributed by atoms with Gasteiger partial charge in [0, 0.05) is 41.6 Å². The van der Waals surface area contributed by atoms with E-state index in [0.29, 0.717) is 16.3 Å². The van der Waals surface area contributed by atoms with Crippen molar-refractivity contribution in [1.29, 1.82) is 0 Å². The summed E-state index contributed by atoms with van der Waals surface area (Å²) < 4.78 is 4.37. The molecule has 1 N–H and O–H groups in total. The summed E-state index contributed by atoms with van der Waals surface area (Å²) in [6.07, 6.45) is 5.62. The molecule has 3 aromatic rings. The normalized spacial score (nSPS) is 10.8. The first-order chi connectivity index (χ1) is 13.6. The number of carbonyl (C=O) groups is 1. The molecule has 0 atom stereocenters. The lowest BCUT2D eigenvalue weighted by molar-refractivity contribution is -0.116. The first kappa shape index (κ1) is 20.2. The number of nitrogens with zero attached hydrogens (tertiary/aromatic N) is 4. The van der Waals surface area contributed by atoms with Crippen LogP contribution in [0.1, 0.15) is 26.2 Å². The minimum atomic E-state index is -0.0933. The van der Waals surface area contributed by atoms with Crippen LogP contribution in [0.5, 0.6) is 0 Å². The van der Waals surface area contributed by atoms with Crippen molar-refractivity contribution in [1.82, 2.24) is 19.3 Å². The molecule has 146 valence electrons. The average Bonchev–Trinajstić information content (AvgIpc) is 3.01. The van der Waals surface area contributed by atoms with Crippen LogP contribution in [0.25, 0.3) is 11.4 Å². The highest BCUT2D eigenvalue weighted by Crippen LogP contribution is 2.21. The third-order valence-corrected chi connectivity index (χ3v) is 4.96. The fourth-order valence-electron chi connectivity index (χ4n) is 2.78. The zero-order chi connectivity index (χ0) is 19.9. The van der Waals surface area contributed by atoms with Gasteiger partial charge in [-0.2, -0.15) is 5.10 Å². The molecule has 0 aliphatic heterocycles. The smallest absolute Gasteiger partial charge is 0.226 e. The predicted octanol–water partition coefficient (Wildman–Crippen LogP) is 4.96. The summed E-state index contributed by atoms with van der Waals surface area (Å²) in [6.45, 7) is 3.34. The number of halogens is 1. The number of hydrogen-bond acceptors (Lipinski definition) is 4. The fourth-order valence-corrected chi connectivity index (χ4v) is 3.22. The second-order valence-corrected chi connectivity index (χ2v) is 7.18.